The van der Waals surface area contributed by atoms with E-state index in [2.05, 4.69) is 42.9 Å². The molecule has 2 aromatic carbocycles. The lowest BCUT2D eigenvalue weighted by Gasteiger charge is -2.18. The van der Waals surface area contributed by atoms with Crippen molar-refractivity contribution in [2.45, 2.75) is 32.7 Å². The van der Waals surface area contributed by atoms with Gasteiger partial charge in [-0.25, -0.2) is 8.42 Å². The van der Waals surface area contributed by atoms with Gasteiger partial charge >= 0.3 is 0 Å². The Labute approximate surface area is 171 Å². The fraction of sp³-hybridized carbons (Fsp3) is 0.286. The number of carbonyl (C=O) groups is 1. The maximum Gasteiger partial charge on any atom is 0.244 e. The summed E-state index contributed by atoms with van der Waals surface area (Å²) >= 11 is 6.08. The summed E-state index contributed by atoms with van der Waals surface area (Å²) in [7, 11) is -3.40. The molecule has 2 rings (SSSR count). The molecule has 150 valence electrons. The van der Waals surface area contributed by atoms with Gasteiger partial charge in [-0.2, -0.15) is 0 Å². The zero-order chi connectivity index (χ0) is 20.9. The lowest BCUT2D eigenvalue weighted by Crippen LogP contribution is -2.20. The first-order valence-electron chi connectivity index (χ1n) is 8.77. The monoisotopic (exact) mass is 420 g/mol. The van der Waals surface area contributed by atoms with E-state index in [0.717, 1.165) is 17.4 Å². The molecule has 0 saturated carbocycles. The standard InChI is InChI=1S/C21H25ClN2O3S/c1-21(2,3)17-9-5-15(6-10-17)8-12-20(25)23-14-16-7-11-19(18(22)13-16)24-28(4,26)27/h5-13,24H,14H2,1-4H3,(H,23,25)/b12-8+. The molecule has 5 nitrogen and oxygen atoms in total. The zero-order valence-corrected chi connectivity index (χ0v) is 18.0. The fourth-order valence-electron chi connectivity index (χ4n) is 2.47. The molecule has 28 heavy (non-hydrogen) atoms. The zero-order valence-electron chi connectivity index (χ0n) is 16.4. The SMILES string of the molecule is CC(C)(C)c1ccc(/C=C/C(=O)NCc2ccc(NS(C)(=O)=O)c(Cl)c2)cc1. The maximum absolute atomic E-state index is 12.0. The molecular weight excluding hydrogens is 396 g/mol. The topological polar surface area (TPSA) is 75.3 Å². The lowest BCUT2D eigenvalue weighted by molar-refractivity contribution is -0.116. The second-order valence-electron chi connectivity index (χ2n) is 7.61. The van der Waals surface area contributed by atoms with Crippen molar-refractivity contribution in [2.24, 2.45) is 0 Å². The first-order chi connectivity index (χ1) is 12.9. The molecule has 0 aliphatic rings. The van der Waals surface area contributed by atoms with Crippen LogP contribution in [0.1, 0.15) is 37.5 Å². The number of nitrogens with one attached hydrogen (secondary N) is 2. The summed E-state index contributed by atoms with van der Waals surface area (Å²) in [5.41, 5.74) is 3.34. The van der Waals surface area contributed by atoms with Crippen molar-refractivity contribution in [3.05, 3.63) is 70.3 Å². The predicted octanol–water partition coefficient (Wildman–Crippen LogP) is 4.34. The molecule has 0 aliphatic carbocycles. The van der Waals surface area contributed by atoms with Crippen molar-refractivity contribution in [1.82, 2.24) is 5.32 Å². The average molecular weight is 421 g/mol. The van der Waals surface area contributed by atoms with Gasteiger partial charge in [0, 0.05) is 12.6 Å². The van der Waals surface area contributed by atoms with Gasteiger partial charge in [-0.05, 0) is 40.3 Å². The summed E-state index contributed by atoms with van der Waals surface area (Å²) < 4.78 is 24.9. The van der Waals surface area contributed by atoms with Crippen LogP contribution in [-0.4, -0.2) is 20.6 Å². The van der Waals surface area contributed by atoms with Gasteiger partial charge in [0.25, 0.3) is 0 Å². The Hall–Kier alpha value is -2.31. The van der Waals surface area contributed by atoms with Gasteiger partial charge in [0.05, 0.1) is 17.0 Å². The van der Waals surface area contributed by atoms with Crippen LogP contribution < -0.4 is 10.0 Å². The van der Waals surface area contributed by atoms with Gasteiger partial charge in [-0.15, -0.1) is 0 Å². The van der Waals surface area contributed by atoms with Crippen LogP contribution in [0.3, 0.4) is 0 Å². The highest BCUT2D eigenvalue weighted by molar-refractivity contribution is 7.92. The Kier molecular flexibility index (Phi) is 6.91. The maximum atomic E-state index is 12.0. The summed E-state index contributed by atoms with van der Waals surface area (Å²) in [6.07, 6.45) is 4.29. The second-order valence-corrected chi connectivity index (χ2v) is 9.77. The number of rotatable bonds is 6. The molecule has 2 aromatic rings. The summed E-state index contributed by atoms with van der Waals surface area (Å²) in [4.78, 5) is 12.0. The summed E-state index contributed by atoms with van der Waals surface area (Å²) in [6, 6.07) is 13.0. The molecule has 2 N–H and O–H groups in total. The Morgan fingerprint density at radius 2 is 1.75 bits per heavy atom. The van der Waals surface area contributed by atoms with E-state index >= 15 is 0 Å². The van der Waals surface area contributed by atoms with E-state index in [1.807, 2.05) is 12.1 Å². The number of hydrogen-bond donors (Lipinski definition) is 2. The van der Waals surface area contributed by atoms with Crippen LogP contribution in [0.25, 0.3) is 6.08 Å². The smallest absolute Gasteiger partial charge is 0.244 e. The van der Waals surface area contributed by atoms with Gasteiger partial charge < -0.3 is 5.32 Å². The van der Waals surface area contributed by atoms with Crippen LogP contribution in [0.15, 0.2) is 48.5 Å². The third-order valence-electron chi connectivity index (χ3n) is 4.00. The van der Waals surface area contributed by atoms with Crippen molar-refractivity contribution in [1.29, 1.82) is 0 Å². The van der Waals surface area contributed by atoms with E-state index < -0.39 is 10.0 Å². The predicted molar refractivity (Wildman–Crippen MR) is 116 cm³/mol. The Morgan fingerprint density at radius 1 is 1.11 bits per heavy atom. The average Bonchev–Trinajstić information content (AvgIpc) is 2.59. The Balaban J connectivity index is 1.93. The molecule has 0 unspecified atom stereocenters. The highest BCUT2D eigenvalue weighted by Crippen LogP contribution is 2.24. The van der Waals surface area contributed by atoms with E-state index in [9.17, 15) is 13.2 Å². The van der Waals surface area contributed by atoms with E-state index in [0.29, 0.717) is 5.69 Å². The number of halogens is 1. The molecule has 0 saturated heterocycles. The molecule has 0 aliphatic heterocycles. The minimum Gasteiger partial charge on any atom is -0.348 e. The van der Waals surface area contributed by atoms with Crippen LogP contribution >= 0.6 is 11.6 Å². The third-order valence-corrected chi connectivity index (χ3v) is 4.90. The molecule has 0 radical (unpaired) electrons. The Bertz CT molecular complexity index is 976. The van der Waals surface area contributed by atoms with E-state index in [1.165, 1.54) is 11.6 Å². The van der Waals surface area contributed by atoms with Crippen LogP contribution in [0.4, 0.5) is 5.69 Å². The minimum absolute atomic E-state index is 0.0906. The quantitative estimate of drug-likeness (QED) is 0.682. The third kappa shape index (κ3) is 7.02. The van der Waals surface area contributed by atoms with E-state index in [-0.39, 0.29) is 22.9 Å². The van der Waals surface area contributed by atoms with Crippen molar-refractivity contribution in [2.75, 3.05) is 11.0 Å². The van der Waals surface area contributed by atoms with Crippen molar-refractivity contribution in [3.63, 3.8) is 0 Å². The summed E-state index contributed by atoms with van der Waals surface area (Å²) in [5.74, 6) is -0.227. The van der Waals surface area contributed by atoms with Crippen LogP contribution in [-0.2, 0) is 26.8 Å². The molecule has 0 bridgehead atoms. The number of hydrogen-bond acceptors (Lipinski definition) is 3. The number of anilines is 1. The van der Waals surface area contributed by atoms with Crippen molar-refractivity contribution >= 4 is 39.3 Å². The van der Waals surface area contributed by atoms with Gasteiger partial charge in [0.15, 0.2) is 0 Å². The molecule has 0 aromatic heterocycles. The number of carbonyl (C=O) groups excluding carboxylic acids is 1. The van der Waals surface area contributed by atoms with Gasteiger partial charge in [-0.3, -0.25) is 9.52 Å². The van der Waals surface area contributed by atoms with E-state index in [4.69, 9.17) is 11.6 Å². The molecule has 7 heteroatoms. The largest absolute Gasteiger partial charge is 0.348 e. The fourth-order valence-corrected chi connectivity index (χ4v) is 3.35. The van der Waals surface area contributed by atoms with E-state index in [1.54, 1.807) is 24.3 Å². The van der Waals surface area contributed by atoms with Crippen LogP contribution in [0.2, 0.25) is 5.02 Å². The molecule has 0 heterocycles. The molecule has 0 fully saturated rings. The molecule has 1 amide bonds. The van der Waals surface area contributed by atoms with Crippen LogP contribution in [0, 0.1) is 0 Å². The molecule has 0 spiro atoms. The Morgan fingerprint density at radius 3 is 2.29 bits per heavy atom. The van der Waals surface area contributed by atoms with Gasteiger partial charge in [0.1, 0.15) is 0 Å². The first-order valence-corrected chi connectivity index (χ1v) is 11.0. The van der Waals surface area contributed by atoms with Gasteiger partial charge in [-0.1, -0.05) is 62.7 Å². The second kappa shape index (κ2) is 8.80. The summed E-state index contributed by atoms with van der Waals surface area (Å²) in [5, 5.41) is 3.05. The normalized spacial score (nSPS) is 12.2. The highest BCUT2D eigenvalue weighted by atomic mass is 35.5. The number of sulfonamides is 1. The van der Waals surface area contributed by atoms with Crippen molar-refractivity contribution < 1.29 is 13.2 Å². The highest BCUT2D eigenvalue weighted by Gasteiger charge is 2.12. The molecular formula is C21H25ClN2O3S. The number of amides is 1. The first kappa shape index (κ1) is 22.0. The van der Waals surface area contributed by atoms with Gasteiger partial charge in [0.2, 0.25) is 15.9 Å². The summed E-state index contributed by atoms with van der Waals surface area (Å²) in [6.45, 7) is 6.75. The molecule has 0 atom stereocenters. The van der Waals surface area contributed by atoms with Crippen LogP contribution in [0.5, 0.6) is 0 Å². The minimum atomic E-state index is -3.40. The lowest BCUT2D eigenvalue weighted by atomic mass is 9.87. The number of benzene rings is 2. The van der Waals surface area contributed by atoms with Crippen molar-refractivity contribution in [3.8, 4) is 0 Å².